The minimum absolute atomic E-state index is 0.0184. The van der Waals surface area contributed by atoms with E-state index in [-0.39, 0.29) is 11.8 Å². The van der Waals surface area contributed by atoms with E-state index in [2.05, 4.69) is 57.3 Å². The van der Waals surface area contributed by atoms with Crippen LogP contribution in [0.3, 0.4) is 0 Å². The largest absolute Gasteiger partial charge is 0.348 e. The summed E-state index contributed by atoms with van der Waals surface area (Å²) in [5.41, 5.74) is 4.39. The van der Waals surface area contributed by atoms with Gasteiger partial charge in [0, 0.05) is 11.8 Å². The third-order valence-corrected chi connectivity index (χ3v) is 5.43. The van der Waals surface area contributed by atoms with Gasteiger partial charge in [0.15, 0.2) is 7.98 Å². The zero-order valence-corrected chi connectivity index (χ0v) is 17.0. The summed E-state index contributed by atoms with van der Waals surface area (Å²) in [4.78, 5) is 23.3. The smallest absolute Gasteiger partial charge is 0.231 e. The SMILES string of the molecule is BN1CC[C@H](C(=O)Nc2ccc(-c3noc(Cc4ccc(C)c(C)c4)n3)cn2)C1. The summed E-state index contributed by atoms with van der Waals surface area (Å²) in [5, 5.41) is 6.96. The Morgan fingerprint density at radius 2 is 2.14 bits per heavy atom. The number of carbonyl (C=O) groups excluding carboxylic acids is 1. The molecular formula is C21H24BN5O2. The van der Waals surface area contributed by atoms with Crippen LogP contribution in [0.2, 0.25) is 0 Å². The van der Waals surface area contributed by atoms with Crippen LogP contribution < -0.4 is 5.32 Å². The number of nitrogens with zero attached hydrogens (tertiary/aromatic N) is 4. The number of benzene rings is 1. The molecule has 3 aromatic rings. The summed E-state index contributed by atoms with van der Waals surface area (Å²) in [6, 6.07) is 9.93. The number of hydrogen-bond donors (Lipinski definition) is 1. The number of rotatable bonds is 5. The molecule has 1 saturated heterocycles. The van der Waals surface area contributed by atoms with E-state index in [0.717, 1.165) is 30.6 Å². The lowest BCUT2D eigenvalue weighted by atomic mass is 10.0. The fourth-order valence-corrected chi connectivity index (χ4v) is 3.51. The van der Waals surface area contributed by atoms with Crippen LogP contribution in [0, 0.1) is 19.8 Å². The van der Waals surface area contributed by atoms with Gasteiger partial charge in [-0.15, -0.1) is 0 Å². The molecule has 8 heteroatoms. The van der Waals surface area contributed by atoms with Gasteiger partial charge in [-0.2, -0.15) is 4.98 Å². The average molecular weight is 389 g/mol. The van der Waals surface area contributed by atoms with Crippen molar-refractivity contribution in [3.8, 4) is 11.4 Å². The van der Waals surface area contributed by atoms with Crippen LogP contribution in [-0.2, 0) is 11.2 Å². The molecule has 0 spiro atoms. The van der Waals surface area contributed by atoms with Gasteiger partial charge in [0.05, 0.1) is 12.3 Å². The highest BCUT2D eigenvalue weighted by atomic mass is 16.5. The number of aromatic nitrogens is 3. The summed E-state index contributed by atoms with van der Waals surface area (Å²) in [7, 11) is 2.03. The third-order valence-electron chi connectivity index (χ3n) is 5.43. The van der Waals surface area contributed by atoms with E-state index < -0.39 is 0 Å². The Labute approximate surface area is 171 Å². The minimum atomic E-state index is 0.0184. The van der Waals surface area contributed by atoms with E-state index in [1.807, 2.05) is 14.0 Å². The molecule has 1 N–H and O–H groups in total. The molecule has 29 heavy (non-hydrogen) atoms. The molecule has 1 fully saturated rings. The van der Waals surface area contributed by atoms with Crippen molar-refractivity contribution < 1.29 is 9.32 Å². The maximum atomic E-state index is 12.3. The number of carbonyl (C=O) groups is 1. The van der Waals surface area contributed by atoms with Crippen LogP contribution in [0.15, 0.2) is 41.1 Å². The molecule has 4 rings (SSSR count). The molecule has 2 aromatic heterocycles. The maximum absolute atomic E-state index is 12.3. The second kappa shape index (κ2) is 8.17. The molecule has 0 unspecified atom stereocenters. The molecule has 3 heterocycles. The Kier molecular flexibility index (Phi) is 5.44. The van der Waals surface area contributed by atoms with Crippen molar-refractivity contribution in [3.63, 3.8) is 0 Å². The van der Waals surface area contributed by atoms with Gasteiger partial charge in [-0.3, -0.25) is 4.79 Å². The minimum Gasteiger partial charge on any atom is -0.348 e. The molecule has 0 radical (unpaired) electrons. The van der Waals surface area contributed by atoms with E-state index in [1.54, 1.807) is 12.3 Å². The lowest BCUT2D eigenvalue weighted by molar-refractivity contribution is -0.119. The fraction of sp³-hybridized carbons (Fsp3) is 0.333. The van der Waals surface area contributed by atoms with Crippen LogP contribution in [0.1, 0.15) is 29.0 Å². The maximum Gasteiger partial charge on any atom is 0.231 e. The summed E-state index contributed by atoms with van der Waals surface area (Å²) in [6.45, 7) is 5.92. The Hall–Kier alpha value is -3.00. The number of anilines is 1. The summed E-state index contributed by atoms with van der Waals surface area (Å²) in [6.07, 6.45) is 3.12. The molecule has 1 aliphatic rings. The van der Waals surface area contributed by atoms with E-state index in [0.29, 0.717) is 24.0 Å². The zero-order valence-electron chi connectivity index (χ0n) is 17.0. The van der Waals surface area contributed by atoms with Crippen molar-refractivity contribution in [1.82, 2.24) is 19.9 Å². The molecular weight excluding hydrogens is 365 g/mol. The van der Waals surface area contributed by atoms with E-state index in [1.165, 1.54) is 11.1 Å². The van der Waals surface area contributed by atoms with Gasteiger partial charge >= 0.3 is 0 Å². The molecule has 148 valence electrons. The van der Waals surface area contributed by atoms with Gasteiger partial charge in [-0.1, -0.05) is 23.4 Å². The molecule has 0 aliphatic carbocycles. The highest BCUT2D eigenvalue weighted by Gasteiger charge is 2.26. The van der Waals surface area contributed by atoms with Crippen LogP contribution >= 0.6 is 0 Å². The molecule has 1 amide bonds. The highest BCUT2D eigenvalue weighted by Crippen LogP contribution is 2.20. The van der Waals surface area contributed by atoms with Crippen molar-refractivity contribution in [1.29, 1.82) is 0 Å². The van der Waals surface area contributed by atoms with E-state index in [4.69, 9.17) is 4.52 Å². The molecule has 1 aromatic carbocycles. The Bertz CT molecular complexity index is 1020. The average Bonchev–Trinajstić information content (AvgIpc) is 3.35. The lowest BCUT2D eigenvalue weighted by Gasteiger charge is -2.10. The first-order chi connectivity index (χ1) is 14.0. The number of hydrogen-bond acceptors (Lipinski definition) is 6. The Balaban J connectivity index is 1.40. The van der Waals surface area contributed by atoms with Crippen molar-refractivity contribution in [2.45, 2.75) is 26.7 Å². The van der Waals surface area contributed by atoms with Gasteiger partial charge < -0.3 is 14.7 Å². The van der Waals surface area contributed by atoms with Crippen LogP contribution in [0.4, 0.5) is 5.82 Å². The Morgan fingerprint density at radius 3 is 2.83 bits per heavy atom. The summed E-state index contributed by atoms with van der Waals surface area (Å²) in [5.74, 6) is 1.63. The predicted octanol–water partition coefficient (Wildman–Crippen LogP) is 2.15. The number of pyridine rings is 1. The highest BCUT2D eigenvalue weighted by molar-refractivity contribution is 6.05. The molecule has 0 bridgehead atoms. The van der Waals surface area contributed by atoms with Gasteiger partial charge in [0.2, 0.25) is 17.6 Å². The summed E-state index contributed by atoms with van der Waals surface area (Å²) < 4.78 is 5.40. The summed E-state index contributed by atoms with van der Waals surface area (Å²) >= 11 is 0. The van der Waals surface area contributed by atoms with E-state index >= 15 is 0 Å². The monoisotopic (exact) mass is 389 g/mol. The standard InChI is InChI=1S/C21H24BN5O2/c1-13-3-4-15(9-14(13)2)10-19-25-20(26-29-19)16-5-6-18(23-11-16)24-21(28)17-7-8-27(22)12-17/h3-6,9,11,17H,7-8,10,12,22H2,1-2H3,(H,23,24,28)/t17-/m0/s1. The number of amides is 1. The number of nitrogens with one attached hydrogen (secondary N) is 1. The molecule has 0 saturated carbocycles. The second-order valence-electron chi connectivity index (χ2n) is 7.78. The van der Waals surface area contributed by atoms with Crippen molar-refractivity contribution in [2.24, 2.45) is 5.92 Å². The van der Waals surface area contributed by atoms with Crippen LogP contribution in [0.25, 0.3) is 11.4 Å². The predicted molar refractivity (Wildman–Crippen MR) is 113 cm³/mol. The lowest BCUT2D eigenvalue weighted by Crippen LogP contribution is -2.26. The third kappa shape index (κ3) is 4.54. The first-order valence-electron chi connectivity index (χ1n) is 9.82. The van der Waals surface area contributed by atoms with Crippen molar-refractivity contribution in [2.75, 3.05) is 18.4 Å². The normalized spacial score (nSPS) is 16.8. The molecule has 1 atom stereocenters. The number of aryl methyl sites for hydroxylation is 2. The molecule has 7 nitrogen and oxygen atoms in total. The van der Waals surface area contributed by atoms with Crippen LogP contribution in [-0.4, -0.2) is 46.9 Å². The zero-order chi connectivity index (χ0) is 20.4. The first kappa shape index (κ1) is 19.3. The second-order valence-corrected chi connectivity index (χ2v) is 7.78. The topological polar surface area (TPSA) is 84.2 Å². The van der Waals surface area contributed by atoms with E-state index in [9.17, 15) is 4.79 Å². The van der Waals surface area contributed by atoms with Gasteiger partial charge in [0.25, 0.3) is 0 Å². The first-order valence-corrected chi connectivity index (χ1v) is 9.82. The van der Waals surface area contributed by atoms with Crippen LogP contribution in [0.5, 0.6) is 0 Å². The van der Waals surface area contributed by atoms with Crippen molar-refractivity contribution >= 4 is 19.7 Å². The van der Waals surface area contributed by atoms with Gasteiger partial charge in [-0.25, -0.2) is 4.98 Å². The fourth-order valence-electron chi connectivity index (χ4n) is 3.51. The van der Waals surface area contributed by atoms with Gasteiger partial charge in [-0.05, 0) is 62.2 Å². The van der Waals surface area contributed by atoms with Gasteiger partial charge in [0.1, 0.15) is 5.82 Å². The quantitative estimate of drug-likeness (QED) is 0.674. The van der Waals surface area contributed by atoms with Crippen molar-refractivity contribution in [3.05, 3.63) is 59.1 Å². The Morgan fingerprint density at radius 1 is 1.28 bits per heavy atom. The molecule has 1 aliphatic heterocycles.